The first-order valence-corrected chi connectivity index (χ1v) is 11.9. The standard InChI is InChI=1S/C26H27N5OS/c1-20-10-11-24(15-21(20)2)31-19-28-29-26(31)33-18-25(32)30(17-23-9-6-13-27-16-23)14-12-22-7-4-3-5-8-22/h3-11,13,15-16,19H,12,14,17-18H2,1-2H3. The van der Waals surface area contributed by atoms with Crippen LogP contribution in [0.1, 0.15) is 22.3 Å². The second-order valence-electron chi connectivity index (χ2n) is 7.95. The Morgan fingerprint density at radius 2 is 1.82 bits per heavy atom. The summed E-state index contributed by atoms with van der Waals surface area (Å²) in [7, 11) is 0. The van der Waals surface area contributed by atoms with Crippen molar-refractivity contribution in [2.45, 2.75) is 32.0 Å². The molecule has 0 fully saturated rings. The van der Waals surface area contributed by atoms with Gasteiger partial charge >= 0.3 is 0 Å². The summed E-state index contributed by atoms with van der Waals surface area (Å²) < 4.78 is 1.93. The SMILES string of the molecule is Cc1ccc(-n2cnnc2SCC(=O)N(CCc2ccccc2)Cc2cccnc2)cc1C. The van der Waals surface area contributed by atoms with Crippen molar-refractivity contribution < 1.29 is 4.79 Å². The summed E-state index contributed by atoms with van der Waals surface area (Å²) in [6, 6.07) is 20.4. The van der Waals surface area contributed by atoms with Gasteiger partial charge in [0.2, 0.25) is 5.91 Å². The third-order valence-electron chi connectivity index (χ3n) is 5.57. The third kappa shape index (κ3) is 6.08. The van der Waals surface area contributed by atoms with E-state index in [2.05, 4.69) is 53.3 Å². The lowest BCUT2D eigenvalue weighted by Crippen LogP contribution is -2.34. The van der Waals surface area contributed by atoms with Crippen molar-refractivity contribution in [1.82, 2.24) is 24.6 Å². The van der Waals surface area contributed by atoms with Gasteiger partial charge in [0.15, 0.2) is 5.16 Å². The van der Waals surface area contributed by atoms with Gasteiger partial charge in [-0.2, -0.15) is 0 Å². The number of rotatable bonds is 9. The molecule has 4 rings (SSSR count). The predicted molar refractivity (Wildman–Crippen MR) is 131 cm³/mol. The molecule has 6 nitrogen and oxygen atoms in total. The van der Waals surface area contributed by atoms with Crippen molar-refractivity contribution >= 4 is 17.7 Å². The van der Waals surface area contributed by atoms with Crippen LogP contribution in [-0.2, 0) is 17.8 Å². The molecular weight excluding hydrogens is 430 g/mol. The van der Waals surface area contributed by atoms with Gasteiger partial charge in [0.25, 0.3) is 0 Å². The highest BCUT2D eigenvalue weighted by molar-refractivity contribution is 7.99. The summed E-state index contributed by atoms with van der Waals surface area (Å²) >= 11 is 1.41. The molecule has 0 radical (unpaired) electrons. The molecular formula is C26H27N5OS. The fraction of sp³-hybridized carbons (Fsp3) is 0.231. The maximum absolute atomic E-state index is 13.2. The minimum atomic E-state index is 0.0643. The van der Waals surface area contributed by atoms with Gasteiger partial charge in [-0.3, -0.25) is 14.3 Å². The number of benzene rings is 2. The molecule has 0 saturated carbocycles. The van der Waals surface area contributed by atoms with Crippen molar-refractivity contribution in [2.75, 3.05) is 12.3 Å². The Bertz CT molecular complexity index is 1190. The van der Waals surface area contributed by atoms with E-state index in [9.17, 15) is 4.79 Å². The maximum atomic E-state index is 13.2. The van der Waals surface area contributed by atoms with E-state index >= 15 is 0 Å². The quantitative estimate of drug-likeness (QED) is 0.343. The first-order chi connectivity index (χ1) is 16.1. The molecule has 33 heavy (non-hydrogen) atoms. The number of amides is 1. The molecule has 0 aliphatic heterocycles. The topological polar surface area (TPSA) is 63.9 Å². The average Bonchev–Trinajstić information content (AvgIpc) is 3.32. The first-order valence-electron chi connectivity index (χ1n) is 10.9. The number of carbonyl (C=O) groups is 1. The van der Waals surface area contributed by atoms with Crippen LogP contribution in [-0.4, -0.2) is 42.9 Å². The van der Waals surface area contributed by atoms with Crippen LogP contribution in [0.2, 0.25) is 0 Å². The lowest BCUT2D eigenvalue weighted by atomic mass is 10.1. The van der Waals surface area contributed by atoms with E-state index in [0.717, 1.165) is 17.7 Å². The van der Waals surface area contributed by atoms with E-state index in [1.807, 2.05) is 52.1 Å². The van der Waals surface area contributed by atoms with Gasteiger partial charge in [-0.25, -0.2) is 0 Å². The average molecular weight is 458 g/mol. The number of aromatic nitrogens is 4. The van der Waals surface area contributed by atoms with Crippen LogP contribution < -0.4 is 0 Å². The lowest BCUT2D eigenvalue weighted by Gasteiger charge is -2.23. The van der Waals surface area contributed by atoms with Gasteiger partial charge in [-0.1, -0.05) is 54.2 Å². The highest BCUT2D eigenvalue weighted by Crippen LogP contribution is 2.22. The maximum Gasteiger partial charge on any atom is 0.233 e. The highest BCUT2D eigenvalue weighted by Gasteiger charge is 2.17. The van der Waals surface area contributed by atoms with Crippen molar-refractivity contribution in [3.63, 3.8) is 0 Å². The summed E-state index contributed by atoms with van der Waals surface area (Å²) in [4.78, 5) is 19.3. The summed E-state index contributed by atoms with van der Waals surface area (Å²) in [5.41, 5.74) is 5.66. The Morgan fingerprint density at radius 1 is 1.00 bits per heavy atom. The molecule has 2 aromatic carbocycles. The van der Waals surface area contributed by atoms with Crippen molar-refractivity contribution in [1.29, 1.82) is 0 Å². The molecule has 2 heterocycles. The minimum absolute atomic E-state index is 0.0643. The van der Waals surface area contributed by atoms with E-state index in [4.69, 9.17) is 0 Å². The van der Waals surface area contributed by atoms with E-state index in [0.29, 0.717) is 24.0 Å². The van der Waals surface area contributed by atoms with E-state index in [1.165, 1.54) is 28.5 Å². The molecule has 0 bridgehead atoms. The molecule has 7 heteroatoms. The number of hydrogen-bond acceptors (Lipinski definition) is 5. The van der Waals surface area contributed by atoms with Crippen molar-refractivity contribution in [2.24, 2.45) is 0 Å². The number of thioether (sulfide) groups is 1. The Balaban J connectivity index is 1.45. The van der Waals surface area contributed by atoms with Crippen LogP contribution in [0.15, 0.2) is 84.5 Å². The second kappa shape index (κ2) is 10.9. The van der Waals surface area contributed by atoms with Gasteiger partial charge in [0, 0.05) is 31.2 Å². The Hall–Kier alpha value is -3.45. The molecule has 0 spiro atoms. The monoisotopic (exact) mass is 457 g/mol. The molecule has 0 saturated heterocycles. The Labute approximate surface area is 198 Å². The molecule has 2 aromatic heterocycles. The highest BCUT2D eigenvalue weighted by atomic mass is 32.2. The summed E-state index contributed by atoms with van der Waals surface area (Å²) in [6.07, 6.45) is 6.05. The molecule has 0 atom stereocenters. The molecule has 1 amide bonds. The third-order valence-corrected chi connectivity index (χ3v) is 6.50. The molecule has 0 aliphatic rings. The van der Waals surface area contributed by atoms with Crippen LogP contribution in [0.3, 0.4) is 0 Å². The van der Waals surface area contributed by atoms with E-state index < -0.39 is 0 Å². The smallest absolute Gasteiger partial charge is 0.233 e. The zero-order chi connectivity index (χ0) is 23.0. The summed E-state index contributed by atoms with van der Waals surface area (Å²) in [5.74, 6) is 0.355. The molecule has 0 aliphatic carbocycles. The van der Waals surface area contributed by atoms with Gasteiger partial charge in [0.1, 0.15) is 6.33 Å². The van der Waals surface area contributed by atoms with E-state index in [-0.39, 0.29) is 5.91 Å². The molecule has 4 aromatic rings. The Morgan fingerprint density at radius 3 is 2.58 bits per heavy atom. The molecule has 0 unspecified atom stereocenters. The largest absolute Gasteiger partial charge is 0.337 e. The number of aryl methyl sites for hydroxylation is 2. The van der Waals surface area contributed by atoms with Crippen LogP contribution in [0, 0.1) is 13.8 Å². The van der Waals surface area contributed by atoms with Crippen LogP contribution >= 0.6 is 11.8 Å². The minimum Gasteiger partial charge on any atom is -0.337 e. The van der Waals surface area contributed by atoms with Crippen molar-refractivity contribution in [3.05, 3.63) is 102 Å². The fourth-order valence-electron chi connectivity index (χ4n) is 3.51. The van der Waals surface area contributed by atoms with Gasteiger partial charge < -0.3 is 4.90 Å². The first kappa shape index (κ1) is 22.7. The van der Waals surface area contributed by atoms with Gasteiger partial charge in [-0.15, -0.1) is 10.2 Å². The number of carbonyl (C=O) groups excluding carboxylic acids is 1. The predicted octanol–water partition coefficient (Wildman–Crippen LogP) is 4.64. The van der Waals surface area contributed by atoms with Gasteiger partial charge in [0.05, 0.1) is 5.75 Å². The van der Waals surface area contributed by atoms with Gasteiger partial charge in [-0.05, 0) is 60.7 Å². The second-order valence-corrected chi connectivity index (χ2v) is 8.90. The normalized spacial score (nSPS) is 10.8. The van der Waals surface area contributed by atoms with Crippen LogP contribution in [0.25, 0.3) is 5.69 Å². The van der Waals surface area contributed by atoms with Crippen LogP contribution in [0.5, 0.6) is 0 Å². The summed E-state index contributed by atoms with van der Waals surface area (Å²) in [5, 5.41) is 9.03. The zero-order valence-electron chi connectivity index (χ0n) is 18.9. The number of pyridine rings is 1. The molecule has 168 valence electrons. The number of hydrogen-bond donors (Lipinski definition) is 0. The number of nitrogens with zero attached hydrogens (tertiary/aromatic N) is 5. The Kier molecular flexibility index (Phi) is 7.52. The fourth-order valence-corrected chi connectivity index (χ4v) is 4.34. The summed E-state index contributed by atoms with van der Waals surface area (Å²) in [6.45, 7) is 5.35. The molecule has 0 N–H and O–H groups in total. The van der Waals surface area contributed by atoms with Crippen LogP contribution in [0.4, 0.5) is 0 Å². The van der Waals surface area contributed by atoms with E-state index in [1.54, 1.807) is 12.5 Å². The van der Waals surface area contributed by atoms with Crippen molar-refractivity contribution in [3.8, 4) is 5.69 Å². The zero-order valence-corrected chi connectivity index (χ0v) is 19.7. The lowest BCUT2D eigenvalue weighted by molar-refractivity contribution is -0.128.